The van der Waals surface area contributed by atoms with Crippen molar-refractivity contribution in [2.24, 2.45) is 0 Å². The van der Waals surface area contributed by atoms with Crippen molar-refractivity contribution in [1.29, 1.82) is 0 Å². The van der Waals surface area contributed by atoms with Crippen molar-refractivity contribution in [3.8, 4) is 11.5 Å². The molecule has 2 heterocycles. The van der Waals surface area contributed by atoms with E-state index in [0.29, 0.717) is 37.2 Å². The number of ether oxygens (including phenoxy) is 2. The number of carbonyl (C=O) groups excluding carboxylic acids is 1. The van der Waals surface area contributed by atoms with Crippen LogP contribution in [-0.4, -0.2) is 60.1 Å². The SMILES string of the molecule is COc1[c]ccc(Cn2c(=O)c3cc(OC(CF)CF)c(F)cc3n(C3CCN(C=O)CC3)c2=O)c1. The highest BCUT2D eigenvalue weighted by atomic mass is 19.1. The first-order valence-corrected chi connectivity index (χ1v) is 11.4. The van der Waals surface area contributed by atoms with Crippen LogP contribution in [0.5, 0.6) is 11.5 Å². The summed E-state index contributed by atoms with van der Waals surface area (Å²) in [6.45, 7) is -1.67. The highest BCUT2D eigenvalue weighted by Crippen LogP contribution is 2.28. The molecule has 1 aliphatic rings. The number of fused-ring (bicyclic) bond motifs is 1. The van der Waals surface area contributed by atoms with E-state index in [9.17, 15) is 27.6 Å². The molecule has 1 fully saturated rings. The van der Waals surface area contributed by atoms with Crippen LogP contribution in [0.15, 0.2) is 39.9 Å². The molecule has 3 aromatic rings. The van der Waals surface area contributed by atoms with Gasteiger partial charge in [-0.1, -0.05) is 12.1 Å². The van der Waals surface area contributed by atoms with E-state index in [1.54, 1.807) is 23.1 Å². The second kappa shape index (κ2) is 10.9. The number of hydrogen-bond donors (Lipinski definition) is 0. The molecule has 1 saturated heterocycles. The number of aromatic nitrogens is 2. The Morgan fingerprint density at radius 2 is 1.89 bits per heavy atom. The molecule has 0 atom stereocenters. The highest BCUT2D eigenvalue weighted by molar-refractivity contribution is 5.80. The first kappa shape index (κ1) is 25.3. The lowest BCUT2D eigenvalue weighted by atomic mass is 10.0. The number of methoxy groups -OCH3 is 1. The van der Waals surface area contributed by atoms with E-state index in [1.807, 2.05) is 0 Å². The number of nitrogens with zero attached hydrogens (tertiary/aromatic N) is 3. The molecule has 11 heteroatoms. The lowest BCUT2D eigenvalue weighted by Gasteiger charge is -2.31. The molecule has 191 valence electrons. The average molecular weight is 504 g/mol. The van der Waals surface area contributed by atoms with Crippen molar-refractivity contribution in [2.75, 3.05) is 33.5 Å². The second-order valence-corrected chi connectivity index (χ2v) is 8.53. The Kier molecular flexibility index (Phi) is 7.66. The number of rotatable bonds is 9. The van der Waals surface area contributed by atoms with Crippen LogP contribution in [0.3, 0.4) is 0 Å². The number of halogens is 3. The molecule has 0 aliphatic carbocycles. The predicted octanol–water partition coefficient (Wildman–Crippen LogP) is 2.64. The molecular formula is C25H25F3N3O5. The van der Waals surface area contributed by atoms with Crippen LogP contribution in [0, 0.1) is 11.9 Å². The van der Waals surface area contributed by atoms with Gasteiger partial charge in [0.05, 0.1) is 24.6 Å². The fourth-order valence-corrected chi connectivity index (χ4v) is 4.38. The molecule has 4 rings (SSSR count). The molecule has 8 nitrogen and oxygen atoms in total. The summed E-state index contributed by atoms with van der Waals surface area (Å²) < 4.78 is 53.6. The van der Waals surface area contributed by atoms with Gasteiger partial charge in [0.1, 0.15) is 19.1 Å². The van der Waals surface area contributed by atoms with E-state index in [1.165, 1.54) is 11.7 Å². The van der Waals surface area contributed by atoms with E-state index in [4.69, 9.17) is 9.47 Å². The number of piperidine rings is 1. The third-order valence-electron chi connectivity index (χ3n) is 6.27. The molecule has 1 aliphatic heterocycles. The molecule has 1 radical (unpaired) electrons. The van der Waals surface area contributed by atoms with Crippen molar-refractivity contribution >= 4 is 17.3 Å². The van der Waals surface area contributed by atoms with Gasteiger partial charge in [-0.05, 0) is 30.5 Å². The first-order chi connectivity index (χ1) is 17.4. The van der Waals surface area contributed by atoms with Crippen molar-refractivity contribution in [1.82, 2.24) is 14.0 Å². The number of amides is 1. The highest BCUT2D eigenvalue weighted by Gasteiger charge is 2.26. The van der Waals surface area contributed by atoms with Crippen molar-refractivity contribution in [3.05, 3.63) is 68.6 Å². The molecule has 2 aromatic carbocycles. The molecule has 1 amide bonds. The standard InChI is InChI=1S/C25H25F3N3O5/c1-35-18-4-2-3-16(9-18)14-30-24(33)20-10-23(36-19(12-26)13-27)21(28)11-22(20)31(25(30)34)17-5-7-29(15-32)8-6-17/h2-3,9-11,15,17,19H,5-8,12-14H2,1H3. The van der Waals surface area contributed by atoms with E-state index >= 15 is 0 Å². The topological polar surface area (TPSA) is 82.8 Å². The molecule has 1 aromatic heterocycles. The van der Waals surface area contributed by atoms with Gasteiger partial charge in [0.2, 0.25) is 6.41 Å². The zero-order valence-electron chi connectivity index (χ0n) is 19.6. The summed E-state index contributed by atoms with van der Waals surface area (Å²) in [5, 5.41) is -0.0326. The zero-order valence-corrected chi connectivity index (χ0v) is 19.6. The molecule has 0 bridgehead atoms. The molecule has 0 saturated carbocycles. The van der Waals surface area contributed by atoms with Crippen LogP contribution in [0.1, 0.15) is 24.4 Å². The Morgan fingerprint density at radius 1 is 1.17 bits per heavy atom. The quantitative estimate of drug-likeness (QED) is 0.419. The van der Waals surface area contributed by atoms with E-state index in [-0.39, 0.29) is 17.4 Å². The average Bonchev–Trinajstić information content (AvgIpc) is 2.90. The maximum absolute atomic E-state index is 14.9. The summed E-state index contributed by atoms with van der Waals surface area (Å²) in [5.74, 6) is -1.01. The predicted molar refractivity (Wildman–Crippen MR) is 126 cm³/mol. The van der Waals surface area contributed by atoms with Gasteiger partial charge in [-0.3, -0.25) is 18.7 Å². The number of carbonyl (C=O) groups is 1. The zero-order chi connectivity index (χ0) is 25.8. The Balaban J connectivity index is 1.90. The second-order valence-electron chi connectivity index (χ2n) is 8.53. The third-order valence-corrected chi connectivity index (χ3v) is 6.27. The van der Waals surface area contributed by atoms with Crippen molar-refractivity contribution in [2.45, 2.75) is 31.5 Å². The fraction of sp³-hybridized carbons (Fsp3) is 0.400. The first-order valence-electron chi connectivity index (χ1n) is 11.4. The van der Waals surface area contributed by atoms with Gasteiger partial charge in [-0.2, -0.15) is 0 Å². The monoisotopic (exact) mass is 504 g/mol. The molecule has 0 N–H and O–H groups in total. The Hall–Kier alpha value is -3.76. The summed E-state index contributed by atoms with van der Waals surface area (Å²) in [4.78, 5) is 39.8. The van der Waals surface area contributed by atoms with Gasteiger partial charge in [0.15, 0.2) is 17.7 Å². The van der Waals surface area contributed by atoms with Gasteiger partial charge in [0, 0.05) is 31.3 Å². The lowest BCUT2D eigenvalue weighted by molar-refractivity contribution is -0.119. The fourth-order valence-electron chi connectivity index (χ4n) is 4.38. The molecule has 36 heavy (non-hydrogen) atoms. The Labute approximate surface area is 204 Å². The molecule has 0 spiro atoms. The van der Waals surface area contributed by atoms with Gasteiger partial charge in [-0.25, -0.2) is 18.0 Å². The minimum atomic E-state index is -1.52. The van der Waals surface area contributed by atoms with Gasteiger partial charge in [-0.15, -0.1) is 0 Å². The molecule has 0 unspecified atom stereocenters. The minimum Gasteiger partial charge on any atom is -0.496 e. The van der Waals surface area contributed by atoms with Crippen LogP contribution >= 0.6 is 0 Å². The van der Waals surface area contributed by atoms with Crippen molar-refractivity contribution in [3.63, 3.8) is 0 Å². The number of alkyl halides is 2. The summed E-state index contributed by atoms with van der Waals surface area (Å²) >= 11 is 0. The summed E-state index contributed by atoms with van der Waals surface area (Å²) in [6.07, 6.45) is 0.0517. The minimum absolute atomic E-state index is 0.0326. The lowest BCUT2D eigenvalue weighted by Crippen LogP contribution is -2.44. The van der Waals surface area contributed by atoms with E-state index in [0.717, 1.165) is 23.1 Å². The smallest absolute Gasteiger partial charge is 0.332 e. The van der Waals surface area contributed by atoms with Crippen LogP contribution < -0.4 is 20.7 Å². The van der Waals surface area contributed by atoms with Crippen LogP contribution in [0.4, 0.5) is 13.2 Å². The number of hydrogen-bond acceptors (Lipinski definition) is 5. The van der Waals surface area contributed by atoms with Gasteiger partial charge in [0.25, 0.3) is 5.56 Å². The normalized spacial score (nSPS) is 14.4. The summed E-state index contributed by atoms with van der Waals surface area (Å²) in [6, 6.07) is 9.45. The number of benzene rings is 2. The number of likely N-dealkylation sites (tertiary alicyclic amines) is 1. The van der Waals surface area contributed by atoms with Crippen LogP contribution in [0.25, 0.3) is 10.9 Å². The maximum atomic E-state index is 14.9. The van der Waals surface area contributed by atoms with Crippen molar-refractivity contribution < 1.29 is 27.4 Å². The Bertz CT molecular complexity index is 1360. The van der Waals surface area contributed by atoms with E-state index in [2.05, 4.69) is 6.07 Å². The van der Waals surface area contributed by atoms with Crippen LogP contribution in [-0.2, 0) is 11.3 Å². The van der Waals surface area contributed by atoms with Crippen LogP contribution in [0.2, 0.25) is 0 Å². The van der Waals surface area contributed by atoms with Gasteiger partial charge < -0.3 is 14.4 Å². The van der Waals surface area contributed by atoms with E-state index < -0.39 is 48.3 Å². The molecular weight excluding hydrogens is 479 g/mol. The largest absolute Gasteiger partial charge is 0.496 e. The van der Waals surface area contributed by atoms with Gasteiger partial charge >= 0.3 is 5.69 Å². The third kappa shape index (κ3) is 4.95. The maximum Gasteiger partial charge on any atom is 0.332 e. The Morgan fingerprint density at radius 3 is 2.53 bits per heavy atom. The summed E-state index contributed by atoms with van der Waals surface area (Å²) in [5.41, 5.74) is -0.695. The summed E-state index contributed by atoms with van der Waals surface area (Å²) in [7, 11) is 1.47.